The van der Waals surface area contributed by atoms with E-state index >= 15 is 0 Å². The summed E-state index contributed by atoms with van der Waals surface area (Å²) in [7, 11) is 0. The number of benzene rings is 1. The molecule has 0 aliphatic heterocycles. The predicted molar refractivity (Wildman–Crippen MR) is 68.9 cm³/mol. The molecule has 0 radical (unpaired) electrons. The molecule has 0 saturated heterocycles. The second-order valence-electron chi connectivity index (χ2n) is 4.22. The SMILES string of the molecule is C=C(C)CC(NCC)c1cccc(OC(F)F)c1. The molecule has 0 heterocycles. The highest BCUT2D eigenvalue weighted by molar-refractivity contribution is 5.31. The van der Waals surface area contributed by atoms with Gasteiger partial charge in [0.25, 0.3) is 0 Å². The Kier molecular flexibility index (Phi) is 5.78. The Hall–Kier alpha value is -1.42. The van der Waals surface area contributed by atoms with E-state index in [4.69, 9.17) is 0 Å². The van der Waals surface area contributed by atoms with E-state index in [1.165, 1.54) is 6.07 Å². The van der Waals surface area contributed by atoms with Crippen LogP contribution in [0.2, 0.25) is 0 Å². The maximum atomic E-state index is 12.2. The van der Waals surface area contributed by atoms with Gasteiger partial charge in [0.1, 0.15) is 5.75 Å². The quantitative estimate of drug-likeness (QED) is 0.746. The Morgan fingerprint density at radius 2 is 2.17 bits per heavy atom. The first-order valence-corrected chi connectivity index (χ1v) is 5.95. The van der Waals surface area contributed by atoms with Crippen molar-refractivity contribution in [1.29, 1.82) is 0 Å². The molecule has 1 aromatic carbocycles. The molecule has 0 fully saturated rings. The standard InChI is InChI=1S/C14H19F2NO/c1-4-17-13(8-10(2)3)11-6-5-7-12(9-11)18-14(15)16/h5-7,9,13-14,17H,2,4,8H2,1,3H3. The van der Waals surface area contributed by atoms with Gasteiger partial charge in [-0.05, 0) is 37.6 Å². The van der Waals surface area contributed by atoms with Crippen molar-refractivity contribution in [3.63, 3.8) is 0 Å². The zero-order valence-corrected chi connectivity index (χ0v) is 10.7. The number of hydrogen-bond acceptors (Lipinski definition) is 2. The van der Waals surface area contributed by atoms with Crippen molar-refractivity contribution in [1.82, 2.24) is 5.32 Å². The number of ether oxygens (including phenoxy) is 1. The van der Waals surface area contributed by atoms with E-state index in [1.54, 1.807) is 12.1 Å². The van der Waals surface area contributed by atoms with Gasteiger partial charge in [0.05, 0.1) is 0 Å². The molecule has 1 unspecified atom stereocenters. The molecule has 0 spiro atoms. The average Bonchev–Trinajstić information content (AvgIpc) is 2.27. The molecule has 1 rings (SSSR count). The number of alkyl halides is 2. The summed E-state index contributed by atoms with van der Waals surface area (Å²) in [6, 6.07) is 6.86. The van der Waals surface area contributed by atoms with Crippen molar-refractivity contribution in [2.75, 3.05) is 6.54 Å². The average molecular weight is 255 g/mol. The highest BCUT2D eigenvalue weighted by Gasteiger charge is 2.12. The Morgan fingerprint density at radius 1 is 1.44 bits per heavy atom. The first-order valence-electron chi connectivity index (χ1n) is 5.95. The van der Waals surface area contributed by atoms with Crippen LogP contribution in [0.1, 0.15) is 31.9 Å². The lowest BCUT2D eigenvalue weighted by atomic mass is 10.00. The summed E-state index contributed by atoms with van der Waals surface area (Å²) in [5.74, 6) is 0.187. The van der Waals surface area contributed by atoms with Crippen molar-refractivity contribution >= 4 is 0 Å². The van der Waals surface area contributed by atoms with Crippen LogP contribution in [0, 0.1) is 0 Å². The molecule has 100 valence electrons. The molecule has 0 aliphatic rings. The molecule has 2 nitrogen and oxygen atoms in total. The fourth-order valence-corrected chi connectivity index (χ4v) is 1.81. The van der Waals surface area contributed by atoms with E-state index < -0.39 is 6.61 Å². The highest BCUT2D eigenvalue weighted by Crippen LogP contribution is 2.24. The molecule has 0 amide bonds. The van der Waals surface area contributed by atoms with Crippen LogP contribution in [0.3, 0.4) is 0 Å². The minimum atomic E-state index is -2.79. The molecule has 1 atom stereocenters. The van der Waals surface area contributed by atoms with Crippen LogP contribution in [-0.2, 0) is 0 Å². The van der Waals surface area contributed by atoms with Crippen LogP contribution >= 0.6 is 0 Å². The van der Waals surface area contributed by atoms with Crippen molar-refractivity contribution < 1.29 is 13.5 Å². The third-order valence-corrected chi connectivity index (χ3v) is 2.49. The molecule has 1 N–H and O–H groups in total. The molecular weight excluding hydrogens is 236 g/mol. The minimum absolute atomic E-state index is 0.0775. The van der Waals surface area contributed by atoms with E-state index in [-0.39, 0.29) is 11.8 Å². The number of nitrogens with one attached hydrogen (secondary N) is 1. The molecule has 0 bridgehead atoms. The second-order valence-corrected chi connectivity index (χ2v) is 4.22. The van der Waals surface area contributed by atoms with E-state index in [0.29, 0.717) is 0 Å². The largest absolute Gasteiger partial charge is 0.435 e. The summed E-state index contributed by atoms with van der Waals surface area (Å²) < 4.78 is 28.7. The fraction of sp³-hybridized carbons (Fsp3) is 0.429. The van der Waals surface area contributed by atoms with Crippen molar-refractivity contribution in [3.8, 4) is 5.75 Å². The van der Waals surface area contributed by atoms with Crippen molar-refractivity contribution in [2.24, 2.45) is 0 Å². The smallest absolute Gasteiger partial charge is 0.387 e. The zero-order chi connectivity index (χ0) is 13.5. The van der Waals surface area contributed by atoms with Gasteiger partial charge in [0.2, 0.25) is 0 Å². The van der Waals surface area contributed by atoms with E-state index in [0.717, 1.165) is 24.1 Å². The number of hydrogen-bond donors (Lipinski definition) is 1. The van der Waals surface area contributed by atoms with Gasteiger partial charge in [-0.1, -0.05) is 24.6 Å². The number of rotatable bonds is 7. The van der Waals surface area contributed by atoms with Crippen LogP contribution in [0.15, 0.2) is 36.4 Å². The van der Waals surface area contributed by atoms with Crippen LogP contribution in [0.25, 0.3) is 0 Å². The van der Waals surface area contributed by atoms with E-state index in [9.17, 15) is 8.78 Å². The minimum Gasteiger partial charge on any atom is -0.435 e. The lowest BCUT2D eigenvalue weighted by Crippen LogP contribution is -2.21. The Balaban J connectivity index is 2.86. The molecule has 0 aliphatic carbocycles. The van der Waals surface area contributed by atoms with Crippen LogP contribution in [0.5, 0.6) is 5.75 Å². The van der Waals surface area contributed by atoms with Gasteiger partial charge in [-0.15, -0.1) is 6.58 Å². The monoisotopic (exact) mass is 255 g/mol. The third kappa shape index (κ3) is 4.84. The summed E-state index contributed by atoms with van der Waals surface area (Å²) in [5, 5.41) is 3.31. The summed E-state index contributed by atoms with van der Waals surface area (Å²) in [4.78, 5) is 0. The maximum absolute atomic E-state index is 12.2. The van der Waals surface area contributed by atoms with Gasteiger partial charge in [0, 0.05) is 6.04 Å². The van der Waals surface area contributed by atoms with Crippen LogP contribution < -0.4 is 10.1 Å². The molecule has 4 heteroatoms. The molecule has 18 heavy (non-hydrogen) atoms. The van der Waals surface area contributed by atoms with Gasteiger partial charge in [-0.3, -0.25) is 0 Å². The van der Waals surface area contributed by atoms with Gasteiger partial charge in [-0.25, -0.2) is 0 Å². The summed E-state index contributed by atoms with van der Waals surface area (Å²) in [5.41, 5.74) is 1.97. The lowest BCUT2D eigenvalue weighted by molar-refractivity contribution is -0.0499. The van der Waals surface area contributed by atoms with E-state index in [1.807, 2.05) is 19.9 Å². The molecule has 1 aromatic rings. The van der Waals surface area contributed by atoms with Crippen LogP contribution in [0.4, 0.5) is 8.78 Å². The van der Waals surface area contributed by atoms with Gasteiger partial charge >= 0.3 is 6.61 Å². The topological polar surface area (TPSA) is 21.3 Å². The summed E-state index contributed by atoms with van der Waals surface area (Å²) in [6.45, 7) is 5.85. The Labute approximate surface area is 107 Å². The normalized spacial score (nSPS) is 12.5. The number of halogens is 2. The van der Waals surface area contributed by atoms with Gasteiger partial charge < -0.3 is 10.1 Å². The Morgan fingerprint density at radius 3 is 2.72 bits per heavy atom. The Bertz CT molecular complexity index is 393. The van der Waals surface area contributed by atoms with Crippen molar-refractivity contribution in [3.05, 3.63) is 42.0 Å². The molecule has 0 aromatic heterocycles. The molecule has 0 saturated carbocycles. The zero-order valence-electron chi connectivity index (χ0n) is 10.7. The lowest BCUT2D eigenvalue weighted by Gasteiger charge is -2.19. The highest BCUT2D eigenvalue weighted by atomic mass is 19.3. The first-order chi connectivity index (χ1) is 8.52. The van der Waals surface area contributed by atoms with Gasteiger partial charge in [-0.2, -0.15) is 8.78 Å². The maximum Gasteiger partial charge on any atom is 0.387 e. The second kappa shape index (κ2) is 7.11. The molecular formula is C14H19F2NO. The first kappa shape index (κ1) is 14.6. The van der Waals surface area contributed by atoms with Gasteiger partial charge in [0.15, 0.2) is 0 Å². The van der Waals surface area contributed by atoms with Crippen molar-refractivity contribution in [2.45, 2.75) is 32.9 Å². The summed E-state index contributed by atoms with van der Waals surface area (Å²) >= 11 is 0. The summed E-state index contributed by atoms with van der Waals surface area (Å²) in [6.07, 6.45) is 0.770. The van der Waals surface area contributed by atoms with E-state index in [2.05, 4.69) is 16.6 Å². The predicted octanol–water partition coefficient (Wildman–Crippen LogP) is 3.90. The fourth-order valence-electron chi connectivity index (χ4n) is 1.81. The van der Waals surface area contributed by atoms with Crippen LogP contribution in [-0.4, -0.2) is 13.2 Å². The third-order valence-electron chi connectivity index (χ3n) is 2.49.